The minimum absolute atomic E-state index is 0.152. The molecular formula is C55H40N2S2. The lowest BCUT2D eigenvalue weighted by Crippen LogP contribution is -2.33. The summed E-state index contributed by atoms with van der Waals surface area (Å²) in [6.07, 6.45) is 11.8. The van der Waals surface area contributed by atoms with Gasteiger partial charge in [-0.15, -0.1) is 22.7 Å². The number of hydrogen-bond acceptors (Lipinski definition) is 4. The molecule has 0 amide bonds. The monoisotopic (exact) mass is 792 g/mol. The van der Waals surface area contributed by atoms with E-state index in [1.165, 1.54) is 90.4 Å². The van der Waals surface area contributed by atoms with E-state index < -0.39 is 0 Å². The first-order chi connectivity index (χ1) is 29.2. The van der Waals surface area contributed by atoms with Gasteiger partial charge in [0.15, 0.2) is 0 Å². The molecule has 282 valence electrons. The molecule has 59 heavy (non-hydrogen) atoms. The molecule has 2 aliphatic carbocycles. The number of thiophene rings is 2. The molecule has 2 aromatic heterocycles. The van der Waals surface area contributed by atoms with E-state index in [9.17, 15) is 0 Å². The zero-order valence-corrected chi connectivity index (χ0v) is 34.3. The molecule has 0 spiro atoms. The topological polar surface area (TPSA) is 6.48 Å². The van der Waals surface area contributed by atoms with Crippen LogP contribution in [0, 0.1) is 5.92 Å². The van der Waals surface area contributed by atoms with Gasteiger partial charge in [-0.1, -0.05) is 128 Å². The van der Waals surface area contributed by atoms with Crippen LogP contribution in [0.2, 0.25) is 0 Å². The number of benzene rings is 8. The second-order valence-corrected chi connectivity index (χ2v) is 18.3. The number of fused-ring (bicyclic) bond motifs is 11. The van der Waals surface area contributed by atoms with Gasteiger partial charge in [0.05, 0.1) is 17.4 Å². The molecule has 8 aromatic carbocycles. The fourth-order valence-corrected chi connectivity index (χ4v) is 12.2. The number of anilines is 5. The SMILES string of the molecule is CC1C=Cc2c(sc3c2CC(N(c2ccccc2)c2cc4c5ccccc5c(N(c5ccccc5)c5ccc6sc7ccccc7c6c5)cc4c4ccccc24)C=C3)C1. The number of allylic oxidation sites excluding steroid dienone is 1. The van der Waals surface area contributed by atoms with Gasteiger partial charge in [0.25, 0.3) is 0 Å². The van der Waals surface area contributed by atoms with Crippen LogP contribution in [-0.2, 0) is 12.8 Å². The molecule has 0 aliphatic heterocycles. The van der Waals surface area contributed by atoms with Gasteiger partial charge in [0.2, 0.25) is 0 Å². The third-order valence-corrected chi connectivity index (χ3v) is 14.9. The van der Waals surface area contributed by atoms with Crippen molar-refractivity contribution in [3.63, 3.8) is 0 Å². The highest BCUT2D eigenvalue weighted by molar-refractivity contribution is 7.25. The molecule has 0 N–H and O–H groups in total. The van der Waals surface area contributed by atoms with Crippen molar-refractivity contribution in [2.75, 3.05) is 9.80 Å². The van der Waals surface area contributed by atoms with E-state index in [1.54, 1.807) is 0 Å². The molecule has 2 atom stereocenters. The largest absolute Gasteiger partial charge is 0.334 e. The van der Waals surface area contributed by atoms with Crippen LogP contribution < -0.4 is 9.80 Å². The lowest BCUT2D eigenvalue weighted by atomic mass is 9.89. The van der Waals surface area contributed by atoms with Crippen molar-refractivity contribution < 1.29 is 0 Å². The first-order valence-electron chi connectivity index (χ1n) is 20.7. The Kier molecular flexibility index (Phi) is 8.11. The molecule has 2 unspecified atom stereocenters. The standard InChI is InChI=1S/C55H40N2S2/c1-35-24-27-45-49-32-39(26-29-54(49)59-55(45)30-35)57(37-16-6-3-7-17-37)51-34-47-40-18-8-10-20-42(40)50(33-46(47)41-19-9-11-21-43(41)51)56(36-14-4-2-5-15-36)38-25-28-53-48(31-38)44-22-12-13-23-52(44)58-53/h2-29,31,33-35,39H,30,32H2,1H3. The van der Waals surface area contributed by atoms with Gasteiger partial charge in [0.1, 0.15) is 0 Å². The summed E-state index contributed by atoms with van der Waals surface area (Å²) in [6.45, 7) is 2.33. The fourth-order valence-electron chi connectivity index (χ4n) is 9.77. The Labute approximate surface area is 352 Å². The minimum Gasteiger partial charge on any atom is -0.334 e. The zero-order valence-electron chi connectivity index (χ0n) is 32.7. The van der Waals surface area contributed by atoms with Crippen LogP contribution in [0.5, 0.6) is 0 Å². The average Bonchev–Trinajstić information content (AvgIpc) is 3.85. The van der Waals surface area contributed by atoms with Gasteiger partial charge >= 0.3 is 0 Å². The predicted octanol–water partition coefficient (Wildman–Crippen LogP) is 16.0. The van der Waals surface area contributed by atoms with Crippen molar-refractivity contribution in [3.8, 4) is 0 Å². The lowest BCUT2D eigenvalue weighted by Gasteiger charge is -2.35. The summed E-state index contributed by atoms with van der Waals surface area (Å²) in [4.78, 5) is 8.04. The second-order valence-electron chi connectivity index (χ2n) is 16.1. The second kappa shape index (κ2) is 13.8. The Hall–Kier alpha value is -6.46. The van der Waals surface area contributed by atoms with Gasteiger partial charge in [-0.25, -0.2) is 0 Å². The Balaban J connectivity index is 1.09. The quantitative estimate of drug-likeness (QED) is 0.155. The third kappa shape index (κ3) is 5.66. The van der Waals surface area contributed by atoms with E-state index in [0.717, 1.165) is 24.2 Å². The molecule has 0 radical (unpaired) electrons. The molecule has 0 fully saturated rings. The van der Waals surface area contributed by atoms with E-state index in [0.29, 0.717) is 5.92 Å². The highest BCUT2D eigenvalue weighted by Crippen LogP contribution is 2.49. The minimum atomic E-state index is 0.152. The molecule has 12 rings (SSSR count). The molecule has 2 heterocycles. The van der Waals surface area contributed by atoms with Gasteiger partial charge in [-0.05, 0) is 118 Å². The summed E-state index contributed by atoms with van der Waals surface area (Å²) in [7, 11) is 0. The van der Waals surface area contributed by atoms with E-state index in [2.05, 4.69) is 205 Å². The van der Waals surface area contributed by atoms with Crippen molar-refractivity contribution >= 4 is 116 Å². The molecule has 0 saturated carbocycles. The van der Waals surface area contributed by atoms with E-state index in [4.69, 9.17) is 0 Å². The van der Waals surface area contributed by atoms with E-state index in [-0.39, 0.29) is 6.04 Å². The van der Waals surface area contributed by atoms with Crippen molar-refractivity contribution in [1.29, 1.82) is 0 Å². The summed E-state index contributed by atoms with van der Waals surface area (Å²) in [5.41, 5.74) is 8.85. The van der Waals surface area contributed by atoms with E-state index >= 15 is 0 Å². The normalized spacial score (nSPS) is 15.9. The molecule has 2 nitrogen and oxygen atoms in total. The van der Waals surface area contributed by atoms with Crippen LogP contribution in [0.1, 0.15) is 27.8 Å². The average molecular weight is 793 g/mol. The van der Waals surface area contributed by atoms with Crippen LogP contribution in [0.15, 0.2) is 176 Å². The Morgan fingerprint density at radius 2 is 1.07 bits per heavy atom. The molecule has 2 aliphatic rings. The van der Waals surface area contributed by atoms with Crippen LogP contribution >= 0.6 is 22.7 Å². The zero-order chi connectivity index (χ0) is 39.0. The van der Waals surface area contributed by atoms with Crippen molar-refractivity contribution in [3.05, 3.63) is 197 Å². The van der Waals surface area contributed by atoms with Crippen LogP contribution in [0.25, 0.3) is 64.6 Å². The van der Waals surface area contributed by atoms with Crippen LogP contribution in [0.4, 0.5) is 28.4 Å². The highest BCUT2D eigenvalue weighted by atomic mass is 32.1. The van der Waals surface area contributed by atoms with Gasteiger partial charge in [-0.2, -0.15) is 0 Å². The number of rotatable bonds is 6. The fraction of sp³-hybridized carbons (Fsp3) is 0.0909. The predicted molar refractivity (Wildman–Crippen MR) is 258 cm³/mol. The summed E-state index contributed by atoms with van der Waals surface area (Å²) in [5, 5.41) is 10.1. The van der Waals surface area contributed by atoms with Crippen molar-refractivity contribution in [1.82, 2.24) is 0 Å². The summed E-state index contributed by atoms with van der Waals surface area (Å²) >= 11 is 3.86. The van der Waals surface area contributed by atoms with Gasteiger partial charge in [-0.3, -0.25) is 0 Å². The van der Waals surface area contributed by atoms with Gasteiger partial charge < -0.3 is 9.80 Å². The number of hydrogen-bond donors (Lipinski definition) is 0. The first-order valence-corrected chi connectivity index (χ1v) is 22.3. The molecule has 0 bridgehead atoms. The van der Waals surface area contributed by atoms with Crippen molar-refractivity contribution in [2.24, 2.45) is 5.92 Å². The maximum Gasteiger partial charge on any atom is 0.0567 e. The summed E-state index contributed by atoms with van der Waals surface area (Å²) < 4.78 is 2.63. The molecule has 0 saturated heterocycles. The summed E-state index contributed by atoms with van der Waals surface area (Å²) in [5.74, 6) is 0.590. The Morgan fingerprint density at radius 3 is 1.81 bits per heavy atom. The van der Waals surface area contributed by atoms with E-state index in [1.807, 2.05) is 22.7 Å². The Bertz CT molecular complexity index is 3320. The maximum absolute atomic E-state index is 2.61. The summed E-state index contributed by atoms with van der Waals surface area (Å²) in [6, 6.07) is 60.9. The molecule has 4 heteroatoms. The lowest BCUT2D eigenvalue weighted by molar-refractivity contribution is 0.723. The number of nitrogens with zero attached hydrogens (tertiary/aromatic N) is 2. The smallest absolute Gasteiger partial charge is 0.0567 e. The maximum atomic E-state index is 2.61. The van der Waals surface area contributed by atoms with Gasteiger partial charge in [0, 0.05) is 57.8 Å². The van der Waals surface area contributed by atoms with Crippen LogP contribution in [0.3, 0.4) is 0 Å². The molecule has 10 aromatic rings. The van der Waals surface area contributed by atoms with Crippen molar-refractivity contribution in [2.45, 2.75) is 25.8 Å². The Morgan fingerprint density at radius 1 is 0.458 bits per heavy atom. The first kappa shape index (κ1) is 34.6. The van der Waals surface area contributed by atoms with Crippen LogP contribution in [-0.4, -0.2) is 6.04 Å². The third-order valence-electron chi connectivity index (χ3n) is 12.5. The highest BCUT2D eigenvalue weighted by Gasteiger charge is 2.30. The molecular weight excluding hydrogens is 753 g/mol. The number of para-hydroxylation sites is 2.